The van der Waals surface area contributed by atoms with Gasteiger partial charge in [-0.2, -0.15) is 0 Å². The lowest BCUT2D eigenvalue weighted by atomic mass is 9.98. The van der Waals surface area contributed by atoms with E-state index >= 15 is 0 Å². The van der Waals surface area contributed by atoms with Gasteiger partial charge in [-0.15, -0.1) is 0 Å². The van der Waals surface area contributed by atoms with Crippen molar-refractivity contribution >= 4 is 29.4 Å². The van der Waals surface area contributed by atoms with Crippen LogP contribution in [0.2, 0.25) is 0 Å². The SMILES string of the molecule is COc1cc(NC(=O)CCCN2C(=O)NC3(CCCC3)C2=O)c(C(=O)N2CCCC2)cc1OC. The van der Waals surface area contributed by atoms with Gasteiger partial charge in [0, 0.05) is 32.1 Å². The second-order valence-corrected chi connectivity index (χ2v) is 9.08. The number of carbonyl (C=O) groups excluding carboxylic acids is 4. The Bertz CT molecular complexity index is 982. The zero-order valence-electron chi connectivity index (χ0n) is 19.8. The molecule has 1 aromatic rings. The second kappa shape index (κ2) is 9.90. The highest BCUT2D eigenvalue weighted by atomic mass is 16.5. The van der Waals surface area contributed by atoms with E-state index in [-0.39, 0.29) is 36.7 Å². The maximum Gasteiger partial charge on any atom is 0.325 e. The lowest BCUT2D eigenvalue weighted by molar-refractivity contribution is -0.131. The van der Waals surface area contributed by atoms with Crippen molar-refractivity contribution in [1.29, 1.82) is 0 Å². The van der Waals surface area contributed by atoms with Crippen molar-refractivity contribution in [2.75, 3.05) is 39.2 Å². The Morgan fingerprint density at radius 1 is 1.03 bits per heavy atom. The minimum Gasteiger partial charge on any atom is -0.493 e. The number of hydrogen-bond acceptors (Lipinski definition) is 6. The van der Waals surface area contributed by atoms with Crippen LogP contribution in [-0.4, -0.2) is 72.9 Å². The number of hydrogen-bond donors (Lipinski definition) is 2. The predicted octanol–water partition coefficient (Wildman–Crippen LogP) is 2.52. The maximum absolute atomic E-state index is 13.1. The van der Waals surface area contributed by atoms with E-state index < -0.39 is 5.54 Å². The van der Waals surface area contributed by atoms with Gasteiger partial charge in [-0.05, 0) is 38.2 Å². The van der Waals surface area contributed by atoms with E-state index in [1.165, 1.54) is 19.1 Å². The molecule has 0 bridgehead atoms. The van der Waals surface area contributed by atoms with Crippen LogP contribution >= 0.6 is 0 Å². The van der Waals surface area contributed by atoms with E-state index in [4.69, 9.17) is 9.47 Å². The van der Waals surface area contributed by atoms with Gasteiger partial charge in [0.2, 0.25) is 5.91 Å². The number of rotatable bonds is 8. The third-order valence-electron chi connectivity index (χ3n) is 6.91. The molecule has 0 aromatic heterocycles. The highest BCUT2D eigenvalue weighted by Crippen LogP contribution is 2.36. The molecule has 5 amide bonds. The van der Waals surface area contributed by atoms with Crippen molar-refractivity contribution in [3.63, 3.8) is 0 Å². The minimum atomic E-state index is -0.746. The fraction of sp³-hybridized carbons (Fsp3) is 0.583. The topological polar surface area (TPSA) is 117 Å². The largest absolute Gasteiger partial charge is 0.493 e. The highest BCUT2D eigenvalue weighted by Gasteiger charge is 2.52. The number of benzene rings is 1. The van der Waals surface area contributed by atoms with Gasteiger partial charge < -0.3 is 25.0 Å². The number of amides is 5. The monoisotopic (exact) mass is 472 g/mol. The zero-order valence-corrected chi connectivity index (χ0v) is 19.8. The van der Waals surface area contributed by atoms with Crippen molar-refractivity contribution in [2.45, 2.75) is 56.9 Å². The van der Waals surface area contributed by atoms with Crippen LogP contribution in [0.4, 0.5) is 10.5 Å². The van der Waals surface area contributed by atoms with E-state index in [1.54, 1.807) is 17.0 Å². The van der Waals surface area contributed by atoms with Gasteiger partial charge in [0.25, 0.3) is 11.8 Å². The van der Waals surface area contributed by atoms with Gasteiger partial charge in [0.15, 0.2) is 11.5 Å². The Labute approximate surface area is 198 Å². The van der Waals surface area contributed by atoms with Crippen molar-refractivity contribution < 1.29 is 28.7 Å². The maximum atomic E-state index is 13.1. The summed E-state index contributed by atoms with van der Waals surface area (Å²) < 4.78 is 10.7. The smallest absolute Gasteiger partial charge is 0.325 e. The number of methoxy groups -OCH3 is 2. The molecule has 34 heavy (non-hydrogen) atoms. The summed E-state index contributed by atoms with van der Waals surface area (Å²) in [5.41, 5.74) is -0.0614. The van der Waals surface area contributed by atoms with Gasteiger partial charge in [-0.1, -0.05) is 12.8 Å². The van der Waals surface area contributed by atoms with Gasteiger partial charge in [-0.3, -0.25) is 19.3 Å². The standard InChI is InChI=1S/C24H32N4O6/c1-33-18-14-16(21(30)27-11-5-6-12-27)17(15-19(18)34-2)25-20(29)8-7-13-28-22(31)24(26-23(28)32)9-3-4-10-24/h14-15H,3-13H2,1-2H3,(H,25,29)(H,26,32). The molecule has 0 unspecified atom stereocenters. The number of likely N-dealkylation sites (tertiary alicyclic amines) is 1. The molecule has 2 saturated heterocycles. The van der Waals surface area contributed by atoms with Gasteiger partial charge in [0.1, 0.15) is 5.54 Å². The molecule has 10 heteroatoms. The first-order valence-corrected chi connectivity index (χ1v) is 11.9. The summed E-state index contributed by atoms with van der Waals surface area (Å²) in [5.74, 6) is 0.133. The van der Waals surface area contributed by atoms with Crippen LogP contribution in [0.15, 0.2) is 12.1 Å². The lowest BCUT2D eigenvalue weighted by Crippen LogP contribution is -2.44. The van der Waals surface area contributed by atoms with Crippen molar-refractivity contribution in [2.24, 2.45) is 0 Å². The Balaban J connectivity index is 1.41. The molecule has 1 spiro atoms. The van der Waals surface area contributed by atoms with E-state index in [1.807, 2.05) is 0 Å². The van der Waals surface area contributed by atoms with Crippen molar-refractivity contribution in [3.05, 3.63) is 17.7 Å². The van der Waals surface area contributed by atoms with Crippen molar-refractivity contribution in [3.8, 4) is 11.5 Å². The Kier molecular flexibility index (Phi) is 6.95. The molecule has 2 heterocycles. The summed E-state index contributed by atoms with van der Waals surface area (Å²) in [6.45, 7) is 1.52. The van der Waals surface area contributed by atoms with Crippen LogP contribution in [0.5, 0.6) is 11.5 Å². The summed E-state index contributed by atoms with van der Waals surface area (Å²) in [6.07, 6.45) is 5.50. The number of nitrogens with zero attached hydrogens (tertiary/aromatic N) is 2. The molecule has 0 atom stereocenters. The molecular formula is C24H32N4O6. The first kappa shape index (κ1) is 23.8. The molecule has 3 aliphatic rings. The minimum absolute atomic E-state index is 0.0930. The molecule has 1 aliphatic carbocycles. The number of nitrogens with one attached hydrogen (secondary N) is 2. The molecular weight excluding hydrogens is 440 g/mol. The predicted molar refractivity (Wildman–Crippen MR) is 124 cm³/mol. The number of anilines is 1. The van der Waals surface area contributed by atoms with Crippen LogP contribution in [0, 0.1) is 0 Å². The number of ether oxygens (including phenoxy) is 2. The summed E-state index contributed by atoms with van der Waals surface area (Å²) in [4.78, 5) is 53.9. The molecule has 184 valence electrons. The average molecular weight is 473 g/mol. The molecule has 3 fully saturated rings. The summed E-state index contributed by atoms with van der Waals surface area (Å²) in [5, 5.41) is 5.66. The van der Waals surface area contributed by atoms with Crippen LogP contribution in [0.3, 0.4) is 0 Å². The zero-order chi connectivity index (χ0) is 24.3. The summed E-state index contributed by atoms with van der Waals surface area (Å²) >= 11 is 0. The van der Waals surface area contributed by atoms with E-state index in [2.05, 4.69) is 10.6 Å². The number of urea groups is 1. The third-order valence-corrected chi connectivity index (χ3v) is 6.91. The summed E-state index contributed by atoms with van der Waals surface area (Å²) in [7, 11) is 2.98. The molecule has 4 rings (SSSR count). The first-order valence-electron chi connectivity index (χ1n) is 11.9. The van der Waals surface area contributed by atoms with Crippen LogP contribution in [0.25, 0.3) is 0 Å². The fourth-order valence-electron chi connectivity index (χ4n) is 5.06. The molecule has 10 nitrogen and oxygen atoms in total. The van der Waals surface area contributed by atoms with Gasteiger partial charge in [0.05, 0.1) is 25.5 Å². The summed E-state index contributed by atoms with van der Waals surface area (Å²) in [6, 6.07) is 2.79. The first-order chi connectivity index (χ1) is 16.4. The normalized spacial score (nSPS) is 19.0. The number of carbonyl (C=O) groups is 4. The van der Waals surface area contributed by atoms with E-state index in [9.17, 15) is 19.2 Å². The molecule has 2 aliphatic heterocycles. The van der Waals surface area contributed by atoms with Gasteiger partial charge >= 0.3 is 6.03 Å². The Morgan fingerprint density at radius 3 is 2.32 bits per heavy atom. The lowest BCUT2D eigenvalue weighted by Gasteiger charge is -2.20. The van der Waals surface area contributed by atoms with Gasteiger partial charge in [-0.25, -0.2) is 4.79 Å². The molecule has 2 N–H and O–H groups in total. The average Bonchev–Trinajstić information content (AvgIpc) is 3.57. The third kappa shape index (κ3) is 4.53. The molecule has 0 radical (unpaired) electrons. The highest BCUT2D eigenvalue weighted by molar-refractivity contribution is 6.07. The second-order valence-electron chi connectivity index (χ2n) is 9.08. The molecule has 1 aromatic carbocycles. The molecule has 1 saturated carbocycles. The quantitative estimate of drug-likeness (QED) is 0.562. The Morgan fingerprint density at radius 2 is 1.68 bits per heavy atom. The van der Waals surface area contributed by atoms with Crippen LogP contribution in [-0.2, 0) is 9.59 Å². The van der Waals surface area contributed by atoms with E-state index in [0.29, 0.717) is 55.1 Å². The number of imide groups is 1. The van der Waals surface area contributed by atoms with Crippen LogP contribution in [0.1, 0.15) is 61.7 Å². The van der Waals surface area contributed by atoms with E-state index in [0.717, 1.165) is 25.7 Å². The fourth-order valence-corrected chi connectivity index (χ4v) is 5.06. The Hall–Kier alpha value is -3.30. The van der Waals surface area contributed by atoms with Crippen molar-refractivity contribution in [1.82, 2.24) is 15.1 Å². The van der Waals surface area contributed by atoms with Crippen LogP contribution < -0.4 is 20.1 Å².